The zero-order valence-electron chi connectivity index (χ0n) is 16.2. The van der Waals surface area contributed by atoms with Gasteiger partial charge in [0, 0.05) is 23.2 Å². The highest BCUT2D eigenvalue weighted by Crippen LogP contribution is 2.26. The maximum Gasteiger partial charge on any atom is 0.0774 e. The van der Waals surface area contributed by atoms with Crippen LogP contribution in [0.2, 0.25) is 0 Å². The van der Waals surface area contributed by atoms with E-state index in [1.54, 1.807) is 0 Å². The summed E-state index contributed by atoms with van der Waals surface area (Å²) in [5, 5.41) is 0. The third-order valence-electron chi connectivity index (χ3n) is 4.89. The van der Waals surface area contributed by atoms with Gasteiger partial charge in [-0.3, -0.25) is 4.99 Å². The molecule has 0 N–H and O–H groups in total. The number of benzene rings is 4. The lowest BCUT2D eigenvalue weighted by Crippen LogP contribution is -2.02. The largest absolute Gasteiger partial charge is 0.256 e. The smallest absolute Gasteiger partial charge is 0.0774 e. The Morgan fingerprint density at radius 1 is 0.517 bits per heavy atom. The zero-order chi connectivity index (χ0) is 19.7. The summed E-state index contributed by atoms with van der Waals surface area (Å²) in [6.07, 6.45) is 4.12. The third-order valence-corrected chi connectivity index (χ3v) is 4.89. The molecule has 0 radical (unpaired) electrons. The second-order valence-corrected chi connectivity index (χ2v) is 6.85. The van der Waals surface area contributed by atoms with E-state index in [-0.39, 0.29) is 5.92 Å². The average Bonchev–Trinajstić information content (AvgIpc) is 2.81. The first-order valence-corrected chi connectivity index (χ1v) is 9.87. The van der Waals surface area contributed by atoms with Crippen LogP contribution in [0.25, 0.3) is 0 Å². The van der Waals surface area contributed by atoms with Crippen molar-refractivity contribution in [2.45, 2.75) is 5.92 Å². The Morgan fingerprint density at radius 3 is 1.31 bits per heavy atom. The van der Waals surface area contributed by atoms with Crippen molar-refractivity contribution in [3.63, 3.8) is 0 Å². The van der Waals surface area contributed by atoms with Crippen molar-refractivity contribution in [1.29, 1.82) is 0 Å². The molecule has 1 nitrogen and oxygen atoms in total. The van der Waals surface area contributed by atoms with E-state index in [0.717, 1.165) is 16.8 Å². The van der Waals surface area contributed by atoms with Crippen LogP contribution in [0.1, 0.15) is 28.2 Å². The number of allylic oxidation sites excluding steroid dienone is 1. The van der Waals surface area contributed by atoms with E-state index in [4.69, 9.17) is 4.99 Å². The number of hydrogen-bond acceptors (Lipinski definition) is 1. The summed E-state index contributed by atoms with van der Waals surface area (Å²) < 4.78 is 0. The second-order valence-electron chi connectivity index (χ2n) is 6.85. The fourth-order valence-electron chi connectivity index (χ4n) is 3.45. The van der Waals surface area contributed by atoms with E-state index in [1.165, 1.54) is 11.1 Å². The number of hydrogen-bond donors (Lipinski definition) is 0. The SMILES string of the molecule is C(=CC(c1ccccc1)c1ccccc1)N=C(c1ccccc1)c1ccccc1. The highest BCUT2D eigenvalue weighted by Gasteiger charge is 2.10. The van der Waals surface area contributed by atoms with Crippen molar-refractivity contribution in [2.24, 2.45) is 4.99 Å². The van der Waals surface area contributed by atoms with Gasteiger partial charge in [0.1, 0.15) is 0 Å². The summed E-state index contributed by atoms with van der Waals surface area (Å²) >= 11 is 0. The fourth-order valence-corrected chi connectivity index (χ4v) is 3.45. The minimum atomic E-state index is 0.161. The molecule has 1 heteroatoms. The molecular weight excluding hydrogens is 350 g/mol. The molecule has 140 valence electrons. The number of nitrogens with zero attached hydrogens (tertiary/aromatic N) is 1. The van der Waals surface area contributed by atoms with Crippen LogP contribution in [-0.2, 0) is 0 Å². The highest BCUT2D eigenvalue weighted by molar-refractivity contribution is 6.13. The van der Waals surface area contributed by atoms with Gasteiger partial charge in [0.2, 0.25) is 0 Å². The van der Waals surface area contributed by atoms with E-state index in [2.05, 4.69) is 91.0 Å². The van der Waals surface area contributed by atoms with Gasteiger partial charge < -0.3 is 0 Å². The first-order chi connectivity index (χ1) is 14.4. The highest BCUT2D eigenvalue weighted by atomic mass is 14.7. The molecule has 0 saturated heterocycles. The Balaban J connectivity index is 1.72. The molecule has 0 fully saturated rings. The quantitative estimate of drug-likeness (QED) is 0.327. The normalized spacial score (nSPS) is 10.9. The van der Waals surface area contributed by atoms with Gasteiger partial charge in [-0.25, -0.2) is 0 Å². The van der Waals surface area contributed by atoms with E-state index >= 15 is 0 Å². The predicted molar refractivity (Wildman–Crippen MR) is 122 cm³/mol. The van der Waals surface area contributed by atoms with Crippen LogP contribution in [0.3, 0.4) is 0 Å². The first kappa shape index (κ1) is 18.6. The van der Waals surface area contributed by atoms with Crippen molar-refractivity contribution in [2.75, 3.05) is 0 Å². The van der Waals surface area contributed by atoms with Crippen LogP contribution >= 0.6 is 0 Å². The van der Waals surface area contributed by atoms with Crippen molar-refractivity contribution in [3.05, 3.63) is 156 Å². The van der Waals surface area contributed by atoms with Gasteiger partial charge in [0.15, 0.2) is 0 Å². The zero-order valence-corrected chi connectivity index (χ0v) is 16.2. The summed E-state index contributed by atoms with van der Waals surface area (Å²) in [5.74, 6) is 0.161. The number of aliphatic imine (C=N–C) groups is 1. The maximum atomic E-state index is 4.89. The second kappa shape index (κ2) is 9.48. The van der Waals surface area contributed by atoms with Crippen LogP contribution in [0.5, 0.6) is 0 Å². The minimum absolute atomic E-state index is 0.161. The van der Waals surface area contributed by atoms with Crippen molar-refractivity contribution >= 4 is 5.71 Å². The van der Waals surface area contributed by atoms with Crippen LogP contribution < -0.4 is 0 Å². The molecule has 0 aliphatic heterocycles. The van der Waals surface area contributed by atoms with Crippen LogP contribution in [0, 0.1) is 0 Å². The van der Waals surface area contributed by atoms with Gasteiger partial charge in [-0.1, -0.05) is 127 Å². The molecule has 4 rings (SSSR count). The van der Waals surface area contributed by atoms with E-state index in [1.807, 2.05) is 42.6 Å². The fraction of sp³-hybridized carbons (Fsp3) is 0.0357. The molecule has 0 spiro atoms. The van der Waals surface area contributed by atoms with E-state index in [0.29, 0.717) is 0 Å². The molecule has 0 saturated carbocycles. The Morgan fingerprint density at radius 2 is 0.897 bits per heavy atom. The van der Waals surface area contributed by atoms with Crippen molar-refractivity contribution < 1.29 is 0 Å². The Hall–Kier alpha value is -3.71. The Bertz CT molecular complexity index is 985. The van der Waals surface area contributed by atoms with Gasteiger partial charge in [-0.15, -0.1) is 0 Å². The Kier molecular flexibility index (Phi) is 6.09. The molecule has 0 atom stereocenters. The monoisotopic (exact) mass is 373 g/mol. The van der Waals surface area contributed by atoms with Crippen molar-refractivity contribution in [1.82, 2.24) is 0 Å². The summed E-state index contributed by atoms with van der Waals surface area (Å²) in [4.78, 5) is 4.89. The lowest BCUT2D eigenvalue weighted by atomic mass is 9.91. The molecule has 0 aliphatic carbocycles. The average molecular weight is 373 g/mol. The molecular formula is C28H23N. The molecule has 0 amide bonds. The van der Waals surface area contributed by atoms with Crippen LogP contribution in [-0.4, -0.2) is 5.71 Å². The van der Waals surface area contributed by atoms with Crippen LogP contribution in [0.15, 0.2) is 139 Å². The molecule has 4 aromatic rings. The van der Waals surface area contributed by atoms with Gasteiger partial charge in [0.25, 0.3) is 0 Å². The lowest BCUT2D eigenvalue weighted by molar-refractivity contribution is 1.02. The van der Waals surface area contributed by atoms with Crippen LogP contribution in [0.4, 0.5) is 0 Å². The molecule has 0 heterocycles. The standard InChI is InChI=1S/C28H23N/c1-5-13-23(14-6-1)27(24-15-7-2-8-16-24)21-22-29-28(25-17-9-3-10-18-25)26-19-11-4-12-20-26/h1-22,27H. The summed E-state index contributed by atoms with van der Waals surface area (Å²) in [7, 11) is 0. The summed E-state index contributed by atoms with van der Waals surface area (Å²) in [6, 6.07) is 41.8. The molecule has 0 unspecified atom stereocenters. The summed E-state index contributed by atoms with van der Waals surface area (Å²) in [5.41, 5.74) is 5.71. The predicted octanol–water partition coefficient (Wildman–Crippen LogP) is 6.87. The molecule has 0 bridgehead atoms. The van der Waals surface area contributed by atoms with Gasteiger partial charge >= 0.3 is 0 Å². The van der Waals surface area contributed by atoms with E-state index in [9.17, 15) is 0 Å². The van der Waals surface area contributed by atoms with E-state index < -0.39 is 0 Å². The van der Waals surface area contributed by atoms with Gasteiger partial charge in [0.05, 0.1) is 5.71 Å². The lowest BCUT2D eigenvalue weighted by Gasteiger charge is -2.13. The topological polar surface area (TPSA) is 12.4 Å². The van der Waals surface area contributed by atoms with Gasteiger partial charge in [-0.05, 0) is 11.1 Å². The Labute approximate surface area is 172 Å². The number of rotatable bonds is 6. The maximum absolute atomic E-state index is 4.89. The molecule has 0 aromatic heterocycles. The molecule has 4 aromatic carbocycles. The first-order valence-electron chi connectivity index (χ1n) is 9.87. The molecule has 0 aliphatic rings. The third kappa shape index (κ3) is 4.77. The van der Waals surface area contributed by atoms with Crippen molar-refractivity contribution in [3.8, 4) is 0 Å². The summed E-state index contributed by atoms with van der Waals surface area (Å²) in [6.45, 7) is 0. The molecule has 29 heavy (non-hydrogen) atoms. The van der Waals surface area contributed by atoms with Gasteiger partial charge in [-0.2, -0.15) is 0 Å². The minimum Gasteiger partial charge on any atom is -0.256 e.